The number of aliphatic hydroxyl groups is 1. The summed E-state index contributed by atoms with van der Waals surface area (Å²) in [4.78, 5) is 0. The Labute approximate surface area is 84.4 Å². The summed E-state index contributed by atoms with van der Waals surface area (Å²) in [6.45, 7) is 3.41. The van der Waals surface area contributed by atoms with Crippen LogP contribution in [0.1, 0.15) is 12.0 Å². The summed E-state index contributed by atoms with van der Waals surface area (Å²) in [6, 6.07) is 9.58. The van der Waals surface area contributed by atoms with Crippen molar-refractivity contribution in [2.24, 2.45) is 0 Å². The van der Waals surface area contributed by atoms with Gasteiger partial charge in [0, 0.05) is 12.0 Å². The van der Waals surface area contributed by atoms with Gasteiger partial charge in [0.1, 0.15) is 6.10 Å². The molecule has 0 unspecified atom stereocenters. The van der Waals surface area contributed by atoms with Crippen LogP contribution in [-0.4, -0.2) is 11.2 Å². The standard InChI is InChI=1S/C13H12O/c1-2-3-9-13(14)11-10-12-7-5-4-6-8-12/h3-8,13-14H,1,9H2/t13-/m1/s1. The average Bonchev–Trinajstić information content (AvgIpc) is 2.25. The molecule has 0 heterocycles. The summed E-state index contributed by atoms with van der Waals surface area (Å²) in [5.41, 5.74) is 3.51. The van der Waals surface area contributed by atoms with Gasteiger partial charge in [-0.2, -0.15) is 0 Å². The quantitative estimate of drug-likeness (QED) is 0.551. The monoisotopic (exact) mass is 184 g/mol. The van der Waals surface area contributed by atoms with Crippen molar-refractivity contribution in [2.75, 3.05) is 0 Å². The van der Waals surface area contributed by atoms with E-state index in [1.165, 1.54) is 0 Å². The maximum Gasteiger partial charge on any atom is 0.119 e. The predicted molar refractivity (Wildman–Crippen MR) is 57.7 cm³/mol. The lowest BCUT2D eigenvalue weighted by Crippen LogP contribution is -1.99. The Bertz CT molecular complexity index is 375. The normalized spacial score (nSPS) is 10.6. The summed E-state index contributed by atoms with van der Waals surface area (Å²) in [7, 11) is 0. The molecule has 1 atom stereocenters. The molecule has 1 aromatic carbocycles. The van der Waals surface area contributed by atoms with Crippen LogP contribution in [0.5, 0.6) is 0 Å². The second kappa shape index (κ2) is 5.83. The molecule has 0 saturated heterocycles. The Hall–Kier alpha value is -1.74. The molecule has 1 heteroatoms. The zero-order valence-electron chi connectivity index (χ0n) is 7.90. The fourth-order valence-corrected chi connectivity index (χ4v) is 0.942. The summed E-state index contributed by atoms with van der Waals surface area (Å²) in [5.74, 6) is 5.63. The maximum atomic E-state index is 9.37. The van der Waals surface area contributed by atoms with Crippen molar-refractivity contribution < 1.29 is 5.11 Å². The smallest absolute Gasteiger partial charge is 0.119 e. The van der Waals surface area contributed by atoms with Crippen LogP contribution < -0.4 is 0 Å². The van der Waals surface area contributed by atoms with Crippen LogP contribution in [0.25, 0.3) is 0 Å². The van der Waals surface area contributed by atoms with Crippen LogP contribution in [-0.2, 0) is 0 Å². The Kier molecular flexibility index (Phi) is 4.31. The summed E-state index contributed by atoms with van der Waals surface area (Å²) < 4.78 is 0. The second-order valence-electron chi connectivity index (χ2n) is 2.80. The number of aliphatic hydroxyl groups excluding tert-OH is 1. The molecule has 70 valence electrons. The van der Waals surface area contributed by atoms with E-state index in [1.807, 2.05) is 30.3 Å². The van der Waals surface area contributed by atoms with Crippen LogP contribution in [0.3, 0.4) is 0 Å². The van der Waals surface area contributed by atoms with Crippen LogP contribution in [0.2, 0.25) is 0 Å². The fraction of sp³-hybridized carbons (Fsp3) is 0.154. The molecular formula is C13H12O. The van der Waals surface area contributed by atoms with Crippen molar-refractivity contribution in [3.8, 4) is 11.8 Å². The molecule has 0 spiro atoms. The van der Waals surface area contributed by atoms with Gasteiger partial charge in [0.15, 0.2) is 0 Å². The first-order valence-electron chi connectivity index (χ1n) is 4.42. The van der Waals surface area contributed by atoms with Crippen molar-refractivity contribution in [2.45, 2.75) is 12.5 Å². The van der Waals surface area contributed by atoms with Gasteiger partial charge < -0.3 is 5.11 Å². The van der Waals surface area contributed by atoms with Crippen molar-refractivity contribution >= 4 is 0 Å². The van der Waals surface area contributed by atoms with E-state index in [1.54, 1.807) is 6.08 Å². The molecule has 0 bridgehead atoms. The minimum atomic E-state index is -0.635. The van der Waals surface area contributed by atoms with Gasteiger partial charge in [-0.25, -0.2) is 0 Å². The highest BCUT2D eigenvalue weighted by Crippen LogP contribution is 1.96. The second-order valence-corrected chi connectivity index (χ2v) is 2.80. The first kappa shape index (κ1) is 10.3. The van der Waals surface area contributed by atoms with Gasteiger partial charge in [0.25, 0.3) is 0 Å². The van der Waals surface area contributed by atoms with Gasteiger partial charge in [0.2, 0.25) is 0 Å². The van der Waals surface area contributed by atoms with Gasteiger partial charge >= 0.3 is 0 Å². The van der Waals surface area contributed by atoms with Crippen molar-refractivity contribution in [1.29, 1.82) is 0 Å². The molecule has 1 N–H and O–H groups in total. The maximum absolute atomic E-state index is 9.37. The largest absolute Gasteiger partial charge is 0.380 e. The van der Waals surface area contributed by atoms with Crippen LogP contribution in [0.15, 0.2) is 48.7 Å². The van der Waals surface area contributed by atoms with E-state index in [9.17, 15) is 5.11 Å². The number of hydrogen-bond acceptors (Lipinski definition) is 1. The molecule has 0 amide bonds. The topological polar surface area (TPSA) is 20.2 Å². The molecule has 0 aliphatic heterocycles. The van der Waals surface area contributed by atoms with Gasteiger partial charge in [-0.05, 0) is 18.2 Å². The molecule has 14 heavy (non-hydrogen) atoms. The van der Waals surface area contributed by atoms with Crippen LogP contribution in [0.4, 0.5) is 0 Å². The minimum Gasteiger partial charge on any atom is -0.380 e. The highest BCUT2D eigenvalue weighted by Gasteiger charge is 1.93. The van der Waals surface area contributed by atoms with E-state index >= 15 is 0 Å². The molecule has 1 aromatic rings. The molecule has 0 aliphatic rings. The zero-order valence-corrected chi connectivity index (χ0v) is 7.90. The lowest BCUT2D eigenvalue weighted by molar-refractivity contribution is 0.236. The summed E-state index contributed by atoms with van der Waals surface area (Å²) in [5, 5.41) is 9.37. The first-order chi connectivity index (χ1) is 6.83. The Morgan fingerprint density at radius 3 is 2.71 bits per heavy atom. The van der Waals surface area contributed by atoms with Crippen molar-refractivity contribution in [1.82, 2.24) is 0 Å². The Morgan fingerprint density at radius 2 is 2.07 bits per heavy atom. The molecular weight excluding hydrogens is 172 g/mol. The lowest BCUT2D eigenvalue weighted by Gasteiger charge is -1.95. The van der Waals surface area contributed by atoms with E-state index in [-0.39, 0.29) is 0 Å². The highest BCUT2D eigenvalue weighted by molar-refractivity contribution is 5.34. The average molecular weight is 184 g/mol. The van der Waals surface area contributed by atoms with Crippen molar-refractivity contribution in [3.63, 3.8) is 0 Å². The molecule has 0 radical (unpaired) electrons. The van der Waals surface area contributed by atoms with E-state index in [4.69, 9.17) is 0 Å². The number of benzene rings is 1. The van der Waals surface area contributed by atoms with E-state index in [0.29, 0.717) is 6.42 Å². The van der Waals surface area contributed by atoms with E-state index in [0.717, 1.165) is 5.56 Å². The van der Waals surface area contributed by atoms with Gasteiger partial charge in [0.05, 0.1) is 0 Å². The van der Waals surface area contributed by atoms with Gasteiger partial charge in [-0.3, -0.25) is 0 Å². The molecule has 0 fully saturated rings. The van der Waals surface area contributed by atoms with E-state index < -0.39 is 6.10 Å². The van der Waals surface area contributed by atoms with Crippen LogP contribution >= 0.6 is 0 Å². The van der Waals surface area contributed by atoms with E-state index in [2.05, 4.69) is 24.2 Å². The number of hydrogen-bond donors (Lipinski definition) is 1. The Morgan fingerprint density at radius 1 is 1.36 bits per heavy atom. The fourth-order valence-electron chi connectivity index (χ4n) is 0.942. The summed E-state index contributed by atoms with van der Waals surface area (Å²) in [6.07, 6.45) is 1.51. The van der Waals surface area contributed by atoms with Gasteiger partial charge in [-0.1, -0.05) is 36.6 Å². The highest BCUT2D eigenvalue weighted by atomic mass is 16.3. The third-order valence-electron chi connectivity index (χ3n) is 1.64. The lowest BCUT2D eigenvalue weighted by atomic mass is 10.2. The first-order valence-corrected chi connectivity index (χ1v) is 4.42. The molecule has 0 aliphatic carbocycles. The predicted octanol–water partition coefficient (Wildman–Crippen LogP) is 2.13. The molecule has 1 nitrogen and oxygen atoms in total. The van der Waals surface area contributed by atoms with Crippen LogP contribution in [0, 0.1) is 11.8 Å². The zero-order chi connectivity index (χ0) is 10.2. The van der Waals surface area contributed by atoms with Crippen molar-refractivity contribution in [3.05, 3.63) is 54.3 Å². The molecule has 0 saturated carbocycles. The Balaban J connectivity index is 2.59. The number of rotatable bonds is 2. The minimum absolute atomic E-state index is 0.476. The van der Waals surface area contributed by atoms with Gasteiger partial charge in [-0.15, -0.1) is 5.73 Å². The molecule has 0 aromatic heterocycles. The molecule has 1 rings (SSSR count). The third kappa shape index (κ3) is 3.78. The summed E-state index contributed by atoms with van der Waals surface area (Å²) >= 11 is 0. The SMILES string of the molecule is C=C=CC[C@@H](O)C#Cc1ccccc1. The third-order valence-corrected chi connectivity index (χ3v) is 1.64.